The van der Waals surface area contributed by atoms with Crippen molar-refractivity contribution in [3.8, 4) is 23.1 Å². The minimum Gasteiger partial charge on any atom is -0.316 e. The molecule has 0 spiro atoms. The standard InChI is InChI=1S/C22H22FN3O2S/c1-24-12-6-8-17-7-5-9-19(13-17)29(27,28)26-16-18(15-25-2)14-22(26)20-10-3-4-11-21(20)23/h3-5,7,9-11,13-14,16,24-25H,12,15H2,1-2H3. The molecule has 3 rings (SSSR count). The van der Waals surface area contributed by atoms with Crippen LogP contribution in [0.2, 0.25) is 0 Å². The van der Waals surface area contributed by atoms with E-state index in [0.717, 1.165) is 9.54 Å². The highest BCUT2D eigenvalue weighted by Crippen LogP contribution is 2.29. The van der Waals surface area contributed by atoms with Gasteiger partial charge in [0, 0.05) is 23.9 Å². The Morgan fingerprint density at radius 2 is 1.83 bits per heavy atom. The summed E-state index contributed by atoms with van der Waals surface area (Å²) < 4.78 is 42.4. The van der Waals surface area contributed by atoms with E-state index in [1.807, 2.05) is 0 Å². The predicted molar refractivity (Wildman–Crippen MR) is 112 cm³/mol. The summed E-state index contributed by atoms with van der Waals surface area (Å²) >= 11 is 0. The molecule has 0 amide bonds. The summed E-state index contributed by atoms with van der Waals surface area (Å²) in [6.45, 7) is 0.957. The second kappa shape index (κ2) is 9.05. The monoisotopic (exact) mass is 411 g/mol. The Bertz CT molecular complexity index is 1170. The van der Waals surface area contributed by atoms with E-state index in [4.69, 9.17) is 0 Å². The van der Waals surface area contributed by atoms with Gasteiger partial charge >= 0.3 is 0 Å². The molecule has 0 radical (unpaired) electrons. The van der Waals surface area contributed by atoms with Crippen LogP contribution in [0.1, 0.15) is 11.1 Å². The number of aromatic nitrogens is 1. The van der Waals surface area contributed by atoms with Crippen LogP contribution in [-0.2, 0) is 16.6 Å². The van der Waals surface area contributed by atoms with Crippen LogP contribution in [-0.4, -0.2) is 33.0 Å². The van der Waals surface area contributed by atoms with Crippen molar-refractivity contribution in [2.75, 3.05) is 20.6 Å². The zero-order valence-corrected chi connectivity index (χ0v) is 17.1. The van der Waals surface area contributed by atoms with Gasteiger partial charge in [0.25, 0.3) is 10.0 Å². The molecule has 0 atom stereocenters. The molecule has 0 saturated heterocycles. The highest BCUT2D eigenvalue weighted by molar-refractivity contribution is 7.90. The second-order valence-electron chi connectivity index (χ2n) is 6.40. The van der Waals surface area contributed by atoms with Crippen molar-refractivity contribution in [2.24, 2.45) is 0 Å². The Morgan fingerprint density at radius 1 is 1.03 bits per heavy atom. The van der Waals surface area contributed by atoms with Crippen LogP contribution in [0.5, 0.6) is 0 Å². The van der Waals surface area contributed by atoms with Gasteiger partial charge in [-0.1, -0.05) is 30.0 Å². The average Bonchev–Trinajstić information content (AvgIpc) is 3.14. The number of benzene rings is 2. The Kier molecular flexibility index (Phi) is 6.49. The van der Waals surface area contributed by atoms with Crippen molar-refractivity contribution in [1.29, 1.82) is 0 Å². The maximum Gasteiger partial charge on any atom is 0.268 e. The smallest absolute Gasteiger partial charge is 0.268 e. The lowest BCUT2D eigenvalue weighted by Crippen LogP contribution is -2.14. The molecule has 29 heavy (non-hydrogen) atoms. The fourth-order valence-corrected chi connectivity index (χ4v) is 4.38. The molecule has 0 bridgehead atoms. The molecule has 0 aliphatic carbocycles. The molecule has 2 aromatic carbocycles. The summed E-state index contributed by atoms with van der Waals surface area (Å²) in [5.74, 6) is 5.37. The van der Waals surface area contributed by atoms with Gasteiger partial charge in [0.05, 0.1) is 17.1 Å². The molecule has 7 heteroatoms. The third kappa shape index (κ3) is 4.57. The van der Waals surface area contributed by atoms with E-state index in [1.54, 1.807) is 50.5 Å². The molecule has 3 aromatic rings. The van der Waals surface area contributed by atoms with Gasteiger partial charge in [-0.25, -0.2) is 16.8 Å². The van der Waals surface area contributed by atoms with Crippen LogP contribution in [0.25, 0.3) is 11.3 Å². The molecule has 5 nitrogen and oxygen atoms in total. The quantitative estimate of drug-likeness (QED) is 0.613. The third-order valence-electron chi connectivity index (χ3n) is 4.26. The first kappa shape index (κ1) is 20.8. The first-order valence-corrected chi connectivity index (χ1v) is 10.5. The molecule has 0 fully saturated rings. The number of nitrogens with zero attached hydrogens (tertiary/aromatic N) is 1. The summed E-state index contributed by atoms with van der Waals surface area (Å²) in [4.78, 5) is 0.0953. The zero-order valence-electron chi connectivity index (χ0n) is 16.2. The SMILES string of the molecule is CNCC#Cc1cccc(S(=O)(=O)n2cc(CNC)cc2-c2ccccc2F)c1. The summed E-state index contributed by atoms with van der Waals surface area (Å²) in [5.41, 5.74) is 1.83. The molecule has 1 heterocycles. The van der Waals surface area contributed by atoms with E-state index in [0.29, 0.717) is 18.7 Å². The van der Waals surface area contributed by atoms with Crippen LogP contribution in [0, 0.1) is 17.7 Å². The van der Waals surface area contributed by atoms with E-state index < -0.39 is 15.8 Å². The van der Waals surface area contributed by atoms with Crippen molar-refractivity contribution in [3.63, 3.8) is 0 Å². The molecule has 0 saturated carbocycles. The Balaban J connectivity index is 2.13. The lowest BCUT2D eigenvalue weighted by Gasteiger charge is -2.11. The Hall–Kier alpha value is -2.92. The van der Waals surface area contributed by atoms with E-state index in [-0.39, 0.29) is 16.2 Å². The average molecular weight is 412 g/mol. The van der Waals surface area contributed by atoms with Crippen LogP contribution in [0.4, 0.5) is 4.39 Å². The van der Waals surface area contributed by atoms with Gasteiger partial charge in [0.2, 0.25) is 0 Å². The zero-order chi connectivity index (χ0) is 20.9. The molecule has 0 aliphatic rings. The number of hydrogen-bond acceptors (Lipinski definition) is 4. The van der Waals surface area contributed by atoms with Gasteiger partial charge in [0.1, 0.15) is 5.82 Å². The minimum atomic E-state index is -3.95. The molecule has 2 N–H and O–H groups in total. The van der Waals surface area contributed by atoms with E-state index in [9.17, 15) is 12.8 Å². The number of hydrogen-bond donors (Lipinski definition) is 2. The summed E-state index contributed by atoms with van der Waals surface area (Å²) in [6.07, 6.45) is 1.52. The van der Waals surface area contributed by atoms with Gasteiger partial charge in [-0.05, 0) is 56.1 Å². The van der Waals surface area contributed by atoms with Crippen molar-refractivity contribution >= 4 is 10.0 Å². The molecule has 150 valence electrons. The maximum atomic E-state index is 14.4. The van der Waals surface area contributed by atoms with Crippen LogP contribution in [0.3, 0.4) is 0 Å². The van der Waals surface area contributed by atoms with Crippen LogP contribution >= 0.6 is 0 Å². The van der Waals surface area contributed by atoms with E-state index in [2.05, 4.69) is 22.5 Å². The lowest BCUT2D eigenvalue weighted by atomic mass is 10.1. The van der Waals surface area contributed by atoms with Gasteiger partial charge in [-0.15, -0.1) is 0 Å². The largest absolute Gasteiger partial charge is 0.316 e. The maximum absolute atomic E-state index is 14.4. The molecular formula is C22H22FN3O2S. The Morgan fingerprint density at radius 3 is 2.55 bits per heavy atom. The fourth-order valence-electron chi connectivity index (χ4n) is 2.94. The normalized spacial score (nSPS) is 11.1. The van der Waals surface area contributed by atoms with Crippen molar-refractivity contribution in [1.82, 2.24) is 14.6 Å². The van der Waals surface area contributed by atoms with E-state index in [1.165, 1.54) is 24.4 Å². The minimum absolute atomic E-state index is 0.0953. The number of nitrogens with one attached hydrogen (secondary N) is 2. The summed E-state index contributed by atoms with van der Waals surface area (Å²) in [7, 11) is -0.394. The molecule has 1 aromatic heterocycles. The first-order chi connectivity index (χ1) is 14.0. The van der Waals surface area contributed by atoms with Crippen molar-refractivity contribution < 1.29 is 12.8 Å². The molecule has 0 unspecified atom stereocenters. The van der Waals surface area contributed by atoms with E-state index >= 15 is 0 Å². The van der Waals surface area contributed by atoms with Gasteiger partial charge in [-0.3, -0.25) is 0 Å². The van der Waals surface area contributed by atoms with Crippen LogP contribution < -0.4 is 10.6 Å². The number of rotatable bonds is 6. The third-order valence-corrected chi connectivity index (χ3v) is 5.93. The van der Waals surface area contributed by atoms with Gasteiger partial charge < -0.3 is 10.6 Å². The predicted octanol–water partition coefficient (Wildman–Crippen LogP) is 2.82. The summed E-state index contributed by atoms with van der Waals surface area (Å²) in [6, 6.07) is 14.3. The second-order valence-corrected chi connectivity index (χ2v) is 8.22. The summed E-state index contributed by atoms with van der Waals surface area (Å²) in [5, 5.41) is 5.91. The fraction of sp³-hybridized carbons (Fsp3) is 0.182. The Labute approximate surface area is 170 Å². The molecular weight excluding hydrogens is 389 g/mol. The molecule has 0 aliphatic heterocycles. The topological polar surface area (TPSA) is 63.1 Å². The first-order valence-electron chi connectivity index (χ1n) is 9.07. The van der Waals surface area contributed by atoms with Gasteiger partial charge in [-0.2, -0.15) is 0 Å². The van der Waals surface area contributed by atoms with Gasteiger partial charge in [0.15, 0.2) is 0 Å². The van der Waals surface area contributed by atoms with Crippen molar-refractivity contribution in [2.45, 2.75) is 11.4 Å². The van der Waals surface area contributed by atoms with Crippen LogP contribution in [0.15, 0.2) is 65.7 Å². The van der Waals surface area contributed by atoms with Crippen molar-refractivity contribution in [3.05, 3.63) is 77.7 Å². The number of halogens is 1. The highest BCUT2D eigenvalue weighted by Gasteiger charge is 2.23. The highest BCUT2D eigenvalue weighted by atomic mass is 32.2. The lowest BCUT2D eigenvalue weighted by molar-refractivity contribution is 0.587.